The molecule has 0 aromatic heterocycles. The Kier molecular flexibility index (Phi) is 5.81. The summed E-state index contributed by atoms with van der Waals surface area (Å²) in [5.74, 6) is -1.42. The Labute approximate surface area is 112 Å². The molecular weight excluding hydrogens is 246 g/mol. The quantitative estimate of drug-likeness (QED) is 0.524. The largest absolute Gasteiger partial charge is 0.396 e. The first-order valence-electron chi connectivity index (χ1n) is 6.02. The number of carbonyl (C=O) groups is 2. The first-order valence-corrected chi connectivity index (χ1v) is 6.02. The molecule has 0 atom stereocenters. The number of anilines is 2. The van der Waals surface area contributed by atoms with E-state index >= 15 is 0 Å². The van der Waals surface area contributed by atoms with E-state index in [1.807, 2.05) is 31.1 Å². The predicted octanol–water partition coefficient (Wildman–Crippen LogP) is 0.190. The maximum absolute atomic E-state index is 11.5. The molecule has 1 aromatic carbocycles. The molecule has 2 amide bonds. The maximum atomic E-state index is 11.5. The van der Waals surface area contributed by atoms with Crippen LogP contribution in [0.3, 0.4) is 0 Å². The van der Waals surface area contributed by atoms with E-state index in [0.29, 0.717) is 12.1 Å². The Morgan fingerprint density at radius 1 is 1.16 bits per heavy atom. The molecule has 0 saturated carbocycles. The fourth-order valence-electron chi connectivity index (χ4n) is 1.39. The fraction of sp³-hybridized carbons (Fsp3) is 0.385. The average molecular weight is 265 g/mol. The van der Waals surface area contributed by atoms with Crippen LogP contribution < -0.4 is 15.5 Å². The van der Waals surface area contributed by atoms with Crippen molar-refractivity contribution in [3.05, 3.63) is 24.3 Å². The lowest BCUT2D eigenvalue weighted by Crippen LogP contribution is -2.36. The van der Waals surface area contributed by atoms with Crippen LogP contribution in [0.15, 0.2) is 24.3 Å². The van der Waals surface area contributed by atoms with E-state index in [2.05, 4.69) is 10.6 Å². The summed E-state index contributed by atoms with van der Waals surface area (Å²) in [6.45, 7) is 0.260. The van der Waals surface area contributed by atoms with Gasteiger partial charge in [-0.05, 0) is 30.7 Å². The normalized spacial score (nSPS) is 9.84. The molecule has 1 rings (SSSR count). The van der Waals surface area contributed by atoms with Crippen LogP contribution in [0.4, 0.5) is 11.4 Å². The number of carbonyl (C=O) groups excluding carboxylic acids is 2. The summed E-state index contributed by atoms with van der Waals surface area (Å²) in [5, 5.41) is 13.5. The highest BCUT2D eigenvalue weighted by Gasteiger charge is 2.12. The average Bonchev–Trinajstić information content (AvgIpc) is 2.39. The topological polar surface area (TPSA) is 81.7 Å². The zero-order valence-corrected chi connectivity index (χ0v) is 11.1. The number of hydrogen-bond acceptors (Lipinski definition) is 4. The van der Waals surface area contributed by atoms with Crippen molar-refractivity contribution < 1.29 is 14.7 Å². The van der Waals surface area contributed by atoms with Crippen LogP contribution in [0, 0.1) is 0 Å². The Hall–Kier alpha value is -2.08. The van der Waals surface area contributed by atoms with Gasteiger partial charge in [-0.2, -0.15) is 0 Å². The van der Waals surface area contributed by atoms with E-state index in [1.54, 1.807) is 12.1 Å². The third-order valence-corrected chi connectivity index (χ3v) is 2.47. The summed E-state index contributed by atoms with van der Waals surface area (Å²) in [6.07, 6.45) is 0.427. The second-order valence-corrected chi connectivity index (χ2v) is 4.23. The molecule has 0 unspecified atom stereocenters. The van der Waals surface area contributed by atoms with Gasteiger partial charge >= 0.3 is 11.8 Å². The van der Waals surface area contributed by atoms with Crippen LogP contribution in [0.5, 0.6) is 0 Å². The molecule has 0 bridgehead atoms. The summed E-state index contributed by atoms with van der Waals surface area (Å²) in [7, 11) is 3.84. The van der Waals surface area contributed by atoms with Crippen molar-refractivity contribution in [1.82, 2.24) is 5.32 Å². The number of aliphatic hydroxyl groups excluding tert-OH is 1. The van der Waals surface area contributed by atoms with Crippen LogP contribution >= 0.6 is 0 Å². The minimum Gasteiger partial charge on any atom is -0.396 e. The zero-order valence-electron chi connectivity index (χ0n) is 11.1. The van der Waals surface area contributed by atoms with Gasteiger partial charge in [-0.15, -0.1) is 0 Å². The van der Waals surface area contributed by atoms with Gasteiger partial charge < -0.3 is 20.6 Å². The minimum atomic E-state index is -0.712. The van der Waals surface area contributed by atoms with Gasteiger partial charge in [0.25, 0.3) is 0 Å². The first-order chi connectivity index (χ1) is 9.04. The molecule has 6 nitrogen and oxygen atoms in total. The molecule has 6 heteroatoms. The number of benzene rings is 1. The highest BCUT2D eigenvalue weighted by Crippen LogP contribution is 2.15. The standard InChI is InChI=1S/C13H19N3O3/c1-16(2)11-6-4-10(5-7-11)15-13(19)12(18)14-8-3-9-17/h4-7,17H,3,8-9H2,1-2H3,(H,14,18)(H,15,19). The second kappa shape index (κ2) is 7.38. The molecule has 0 heterocycles. The third kappa shape index (κ3) is 4.97. The van der Waals surface area contributed by atoms with Crippen molar-refractivity contribution in [3.63, 3.8) is 0 Å². The SMILES string of the molecule is CN(C)c1ccc(NC(=O)C(=O)NCCCO)cc1. The van der Waals surface area contributed by atoms with Gasteiger partial charge in [0.2, 0.25) is 0 Å². The minimum absolute atomic E-state index is 0.0199. The predicted molar refractivity (Wildman–Crippen MR) is 74.1 cm³/mol. The lowest BCUT2D eigenvalue weighted by Gasteiger charge is -2.13. The van der Waals surface area contributed by atoms with Crippen molar-refractivity contribution in [2.75, 3.05) is 37.5 Å². The lowest BCUT2D eigenvalue weighted by atomic mass is 10.2. The number of aliphatic hydroxyl groups is 1. The zero-order chi connectivity index (χ0) is 14.3. The van der Waals surface area contributed by atoms with Crippen LogP contribution in [0.2, 0.25) is 0 Å². The molecule has 3 N–H and O–H groups in total. The summed E-state index contributed by atoms with van der Waals surface area (Å²) < 4.78 is 0. The number of nitrogens with zero attached hydrogens (tertiary/aromatic N) is 1. The van der Waals surface area contributed by atoms with E-state index < -0.39 is 11.8 Å². The van der Waals surface area contributed by atoms with Crippen LogP contribution in [-0.4, -0.2) is 44.2 Å². The number of hydrogen-bond donors (Lipinski definition) is 3. The lowest BCUT2D eigenvalue weighted by molar-refractivity contribution is -0.136. The summed E-state index contributed by atoms with van der Waals surface area (Å²) in [6, 6.07) is 7.15. The Bertz CT molecular complexity index is 429. The van der Waals surface area contributed by atoms with Crippen molar-refractivity contribution in [2.24, 2.45) is 0 Å². The Balaban J connectivity index is 2.49. The van der Waals surface area contributed by atoms with Crippen molar-refractivity contribution in [3.8, 4) is 0 Å². The number of rotatable bonds is 5. The van der Waals surface area contributed by atoms with Gasteiger partial charge in [-0.3, -0.25) is 9.59 Å². The van der Waals surface area contributed by atoms with E-state index in [0.717, 1.165) is 5.69 Å². The molecular formula is C13H19N3O3. The van der Waals surface area contributed by atoms with Crippen molar-refractivity contribution in [2.45, 2.75) is 6.42 Å². The molecule has 1 aromatic rings. The number of amides is 2. The smallest absolute Gasteiger partial charge is 0.313 e. The van der Waals surface area contributed by atoms with E-state index in [1.165, 1.54) is 0 Å². The fourth-order valence-corrected chi connectivity index (χ4v) is 1.39. The van der Waals surface area contributed by atoms with Crippen molar-refractivity contribution >= 4 is 23.2 Å². The molecule has 0 fully saturated rings. The van der Waals surface area contributed by atoms with Crippen molar-refractivity contribution in [1.29, 1.82) is 0 Å². The van der Waals surface area contributed by atoms with Gasteiger partial charge in [0.1, 0.15) is 0 Å². The molecule has 0 radical (unpaired) electrons. The first kappa shape index (κ1) is 15.0. The van der Waals surface area contributed by atoms with Gasteiger partial charge in [-0.25, -0.2) is 0 Å². The molecule has 104 valence electrons. The maximum Gasteiger partial charge on any atom is 0.313 e. The second-order valence-electron chi connectivity index (χ2n) is 4.23. The molecule has 0 spiro atoms. The monoisotopic (exact) mass is 265 g/mol. The molecule has 0 aliphatic carbocycles. The molecule has 0 aliphatic rings. The third-order valence-electron chi connectivity index (χ3n) is 2.47. The van der Waals surface area contributed by atoms with Crippen LogP contribution in [0.25, 0.3) is 0 Å². The van der Waals surface area contributed by atoms with E-state index in [4.69, 9.17) is 5.11 Å². The Morgan fingerprint density at radius 3 is 2.32 bits per heavy atom. The highest BCUT2D eigenvalue weighted by molar-refractivity contribution is 6.39. The summed E-state index contributed by atoms with van der Waals surface area (Å²) >= 11 is 0. The number of nitrogens with one attached hydrogen (secondary N) is 2. The van der Waals surface area contributed by atoms with Gasteiger partial charge in [-0.1, -0.05) is 0 Å². The van der Waals surface area contributed by atoms with E-state index in [9.17, 15) is 9.59 Å². The van der Waals surface area contributed by atoms with E-state index in [-0.39, 0.29) is 13.2 Å². The van der Waals surface area contributed by atoms with Crippen LogP contribution in [0.1, 0.15) is 6.42 Å². The van der Waals surface area contributed by atoms with Gasteiger partial charge in [0.15, 0.2) is 0 Å². The van der Waals surface area contributed by atoms with Gasteiger partial charge in [0.05, 0.1) is 0 Å². The summed E-state index contributed by atoms with van der Waals surface area (Å²) in [4.78, 5) is 24.9. The van der Waals surface area contributed by atoms with Gasteiger partial charge in [0, 0.05) is 38.6 Å². The Morgan fingerprint density at radius 2 is 1.79 bits per heavy atom. The molecule has 0 saturated heterocycles. The summed E-state index contributed by atoms with van der Waals surface area (Å²) in [5.41, 5.74) is 1.57. The molecule has 19 heavy (non-hydrogen) atoms. The van der Waals surface area contributed by atoms with Crippen LogP contribution in [-0.2, 0) is 9.59 Å². The highest BCUT2D eigenvalue weighted by atomic mass is 16.3. The molecule has 0 aliphatic heterocycles.